The Kier molecular flexibility index (Phi) is 4.03. The summed E-state index contributed by atoms with van der Waals surface area (Å²) in [6, 6.07) is 7.21. The molecule has 6 nitrogen and oxygen atoms in total. The van der Waals surface area contributed by atoms with Crippen LogP contribution in [0.4, 0.5) is 0 Å². The van der Waals surface area contributed by atoms with Crippen LogP contribution in [0, 0.1) is 0 Å². The molecule has 1 aliphatic heterocycles. The molecule has 2 N–H and O–H groups in total. The summed E-state index contributed by atoms with van der Waals surface area (Å²) in [6.07, 6.45) is 5.88. The van der Waals surface area contributed by atoms with Gasteiger partial charge in [0.25, 0.3) is 0 Å². The Morgan fingerprint density at radius 2 is 2.04 bits per heavy atom. The second-order valence-electron chi connectivity index (χ2n) is 6.85. The van der Waals surface area contributed by atoms with Crippen LogP contribution in [0.1, 0.15) is 53.9 Å². The maximum Gasteiger partial charge on any atom is 0.311 e. The highest BCUT2D eigenvalue weighted by atomic mass is 16.4. The molecule has 0 fully saturated rings. The standard InChI is InChI=1S/C19H21N3O3/c23-18(9-12-11-22-8-4-3-7-17(22)20-12)21-16-10-15(19(24)25)13-5-1-2-6-14(13)16/h1-2,5-6,11,15-16H,3-4,7-10H2,(H,21,23)(H,24,25). The molecule has 0 saturated heterocycles. The van der Waals surface area contributed by atoms with Gasteiger partial charge in [-0.05, 0) is 30.4 Å². The van der Waals surface area contributed by atoms with E-state index in [2.05, 4.69) is 14.9 Å². The zero-order valence-corrected chi connectivity index (χ0v) is 13.9. The molecule has 2 aromatic rings. The van der Waals surface area contributed by atoms with Gasteiger partial charge < -0.3 is 15.0 Å². The first kappa shape index (κ1) is 15.9. The Morgan fingerprint density at radius 1 is 1.24 bits per heavy atom. The zero-order valence-electron chi connectivity index (χ0n) is 13.9. The largest absolute Gasteiger partial charge is 0.481 e. The van der Waals surface area contributed by atoms with E-state index in [4.69, 9.17) is 0 Å². The SMILES string of the molecule is O=C(Cc1cn2c(n1)CCCC2)NC1CC(C(=O)O)c2ccccc21. The summed E-state index contributed by atoms with van der Waals surface area (Å²) >= 11 is 0. The molecule has 1 amide bonds. The number of carbonyl (C=O) groups excluding carboxylic acids is 1. The lowest BCUT2D eigenvalue weighted by atomic mass is 10.0. The number of hydrogen-bond acceptors (Lipinski definition) is 3. The van der Waals surface area contributed by atoms with Crippen LogP contribution in [0.25, 0.3) is 0 Å². The van der Waals surface area contributed by atoms with E-state index in [0.717, 1.165) is 48.5 Å². The van der Waals surface area contributed by atoms with E-state index in [1.54, 1.807) is 0 Å². The second-order valence-corrected chi connectivity index (χ2v) is 6.85. The number of nitrogens with zero attached hydrogens (tertiary/aromatic N) is 2. The minimum Gasteiger partial charge on any atom is -0.481 e. The van der Waals surface area contributed by atoms with Crippen molar-refractivity contribution >= 4 is 11.9 Å². The van der Waals surface area contributed by atoms with Crippen molar-refractivity contribution in [3.63, 3.8) is 0 Å². The van der Waals surface area contributed by atoms with Gasteiger partial charge in [-0.1, -0.05) is 24.3 Å². The van der Waals surface area contributed by atoms with E-state index in [1.165, 1.54) is 0 Å². The fourth-order valence-corrected chi connectivity index (χ4v) is 3.97. The van der Waals surface area contributed by atoms with E-state index in [9.17, 15) is 14.7 Å². The van der Waals surface area contributed by atoms with Crippen LogP contribution in [0.2, 0.25) is 0 Å². The van der Waals surface area contributed by atoms with Gasteiger partial charge in [-0.15, -0.1) is 0 Å². The highest BCUT2D eigenvalue weighted by Gasteiger charge is 2.35. The number of aliphatic carboxylic acids is 1. The van der Waals surface area contributed by atoms with Gasteiger partial charge in [-0.25, -0.2) is 4.98 Å². The number of fused-ring (bicyclic) bond motifs is 2. The summed E-state index contributed by atoms with van der Waals surface area (Å²) in [6.45, 7) is 0.972. The van der Waals surface area contributed by atoms with Gasteiger partial charge in [0.15, 0.2) is 0 Å². The number of aromatic nitrogens is 2. The molecule has 0 radical (unpaired) electrons. The van der Waals surface area contributed by atoms with Gasteiger partial charge in [-0.3, -0.25) is 9.59 Å². The molecule has 1 aliphatic carbocycles. The third kappa shape index (κ3) is 3.04. The Hall–Kier alpha value is -2.63. The first-order valence-electron chi connectivity index (χ1n) is 8.77. The molecule has 0 spiro atoms. The smallest absolute Gasteiger partial charge is 0.311 e. The minimum atomic E-state index is -0.842. The van der Waals surface area contributed by atoms with Crippen LogP contribution in [0.3, 0.4) is 0 Å². The Balaban J connectivity index is 1.46. The van der Waals surface area contributed by atoms with Gasteiger partial charge in [0.2, 0.25) is 5.91 Å². The lowest BCUT2D eigenvalue weighted by molar-refractivity contribution is -0.139. The van der Waals surface area contributed by atoms with E-state index in [0.29, 0.717) is 6.42 Å². The van der Waals surface area contributed by atoms with Crippen LogP contribution in [-0.4, -0.2) is 26.5 Å². The number of aryl methyl sites for hydroxylation is 2. The molecule has 6 heteroatoms. The number of benzene rings is 1. The van der Waals surface area contributed by atoms with Crippen molar-refractivity contribution in [1.82, 2.24) is 14.9 Å². The summed E-state index contributed by atoms with van der Waals surface area (Å²) < 4.78 is 2.14. The van der Waals surface area contributed by atoms with Crippen molar-refractivity contribution in [3.8, 4) is 0 Å². The van der Waals surface area contributed by atoms with Crippen molar-refractivity contribution < 1.29 is 14.7 Å². The predicted molar refractivity (Wildman–Crippen MR) is 91.2 cm³/mol. The van der Waals surface area contributed by atoms with Crippen LogP contribution in [0.5, 0.6) is 0 Å². The van der Waals surface area contributed by atoms with Crippen molar-refractivity contribution in [3.05, 3.63) is 53.1 Å². The number of hydrogen-bond donors (Lipinski definition) is 2. The van der Waals surface area contributed by atoms with E-state index < -0.39 is 11.9 Å². The molecular formula is C19H21N3O3. The first-order valence-corrected chi connectivity index (χ1v) is 8.77. The molecule has 1 aromatic carbocycles. The molecule has 4 rings (SSSR count). The molecule has 130 valence electrons. The van der Waals surface area contributed by atoms with Gasteiger partial charge in [-0.2, -0.15) is 0 Å². The second kappa shape index (κ2) is 6.35. The third-order valence-electron chi connectivity index (χ3n) is 5.15. The quantitative estimate of drug-likeness (QED) is 0.894. The number of carboxylic acids is 1. The Morgan fingerprint density at radius 3 is 2.80 bits per heavy atom. The number of nitrogens with one attached hydrogen (secondary N) is 1. The van der Waals surface area contributed by atoms with Crippen molar-refractivity contribution in [1.29, 1.82) is 0 Å². The van der Waals surface area contributed by atoms with E-state index in [-0.39, 0.29) is 18.4 Å². The number of imidazole rings is 1. The molecule has 1 aromatic heterocycles. The molecule has 2 heterocycles. The topological polar surface area (TPSA) is 84.2 Å². The Labute approximate surface area is 145 Å². The fraction of sp³-hybridized carbons (Fsp3) is 0.421. The first-order chi connectivity index (χ1) is 12.1. The van der Waals surface area contributed by atoms with Gasteiger partial charge in [0, 0.05) is 19.2 Å². The van der Waals surface area contributed by atoms with Crippen molar-refractivity contribution in [2.24, 2.45) is 0 Å². The zero-order chi connectivity index (χ0) is 17.4. The van der Waals surface area contributed by atoms with E-state index in [1.807, 2.05) is 30.5 Å². The van der Waals surface area contributed by atoms with E-state index >= 15 is 0 Å². The number of carbonyl (C=O) groups is 2. The number of carboxylic acid groups (broad SMARTS) is 1. The molecule has 0 bridgehead atoms. The summed E-state index contributed by atoms with van der Waals surface area (Å²) in [5.41, 5.74) is 2.50. The third-order valence-corrected chi connectivity index (χ3v) is 5.15. The van der Waals surface area contributed by atoms with Crippen LogP contribution >= 0.6 is 0 Å². The molecule has 2 aliphatic rings. The van der Waals surface area contributed by atoms with Gasteiger partial charge >= 0.3 is 5.97 Å². The number of rotatable bonds is 4. The summed E-state index contributed by atoms with van der Waals surface area (Å²) in [5, 5.41) is 12.4. The van der Waals surface area contributed by atoms with Crippen LogP contribution in [-0.2, 0) is 29.0 Å². The normalized spacial score (nSPS) is 21.4. The summed E-state index contributed by atoms with van der Waals surface area (Å²) in [5.74, 6) is -0.445. The summed E-state index contributed by atoms with van der Waals surface area (Å²) in [7, 11) is 0. The highest BCUT2D eigenvalue weighted by molar-refractivity contribution is 5.81. The fourth-order valence-electron chi connectivity index (χ4n) is 3.97. The Bertz CT molecular complexity index is 804. The maximum absolute atomic E-state index is 12.5. The average molecular weight is 339 g/mol. The maximum atomic E-state index is 12.5. The summed E-state index contributed by atoms with van der Waals surface area (Å²) in [4.78, 5) is 28.5. The molecule has 25 heavy (non-hydrogen) atoms. The van der Waals surface area contributed by atoms with Crippen LogP contribution in [0.15, 0.2) is 30.5 Å². The molecular weight excluding hydrogens is 318 g/mol. The minimum absolute atomic E-state index is 0.110. The monoisotopic (exact) mass is 339 g/mol. The van der Waals surface area contributed by atoms with Crippen molar-refractivity contribution in [2.75, 3.05) is 0 Å². The van der Waals surface area contributed by atoms with Gasteiger partial charge in [0.1, 0.15) is 5.82 Å². The average Bonchev–Trinajstić information content (AvgIpc) is 3.16. The molecule has 2 unspecified atom stereocenters. The highest BCUT2D eigenvalue weighted by Crippen LogP contribution is 2.40. The number of amides is 1. The lowest BCUT2D eigenvalue weighted by Crippen LogP contribution is -2.29. The lowest BCUT2D eigenvalue weighted by Gasteiger charge is -2.13. The van der Waals surface area contributed by atoms with Crippen LogP contribution < -0.4 is 5.32 Å². The van der Waals surface area contributed by atoms with Crippen molar-refractivity contribution in [2.45, 2.75) is 50.6 Å². The molecule has 0 saturated carbocycles. The predicted octanol–water partition coefficient (Wildman–Crippen LogP) is 2.19. The van der Waals surface area contributed by atoms with Gasteiger partial charge in [0.05, 0.1) is 24.1 Å². The molecule has 2 atom stereocenters.